The van der Waals surface area contributed by atoms with E-state index in [1.54, 1.807) is 20.8 Å². The molecule has 0 saturated carbocycles. The lowest BCUT2D eigenvalue weighted by Crippen LogP contribution is -2.50. The molecule has 0 aromatic carbocycles. The van der Waals surface area contributed by atoms with Crippen molar-refractivity contribution in [1.82, 2.24) is 0 Å². The molecule has 0 amide bonds. The van der Waals surface area contributed by atoms with Crippen LogP contribution in [0.25, 0.3) is 0 Å². The van der Waals surface area contributed by atoms with Crippen molar-refractivity contribution in [2.24, 2.45) is 5.41 Å². The second kappa shape index (κ2) is 6.63. The first-order chi connectivity index (χ1) is 7.60. The highest BCUT2D eigenvalue weighted by molar-refractivity contribution is 4.95. The van der Waals surface area contributed by atoms with Crippen LogP contribution in [0.5, 0.6) is 0 Å². The molecule has 1 unspecified atom stereocenters. The van der Waals surface area contributed by atoms with E-state index in [1.165, 1.54) is 6.42 Å². The van der Waals surface area contributed by atoms with Crippen molar-refractivity contribution in [1.29, 1.82) is 0 Å². The molecule has 0 fully saturated rings. The number of aliphatic hydroxyl groups is 6. The lowest BCUT2D eigenvalue weighted by Gasteiger charge is -2.31. The van der Waals surface area contributed by atoms with Crippen molar-refractivity contribution in [3.05, 3.63) is 6.42 Å². The van der Waals surface area contributed by atoms with Crippen LogP contribution in [0.15, 0.2) is 0 Å². The molecule has 0 aromatic heterocycles. The molecule has 1 radical (unpaired) electrons. The summed E-state index contributed by atoms with van der Waals surface area (Å²) < 4.78 is 0. The molecule has 0 heterocycles. The van der Waals surface area contributed by atoms with Gasteiger partial charge >= 0.3 is 0 Å². The van der Waals surface area contributed by atoms with E-state index < -0.39 is 37.1 Å². The molecule has 6 nitrogen and oxygen atoms in total. The minimum atomic E-state index is -1.74. The highest BCUT2D eigenvalue weighted by Crippen LogP contribution is 2.22. The maximum atomic E-state index is 9.61. The zero-order valence-electron chi connectivity index (χ0n) is 10.4. The van der Waals surface area contributed by atoms with Crippen molar-refractivity contribution in [3.8, 4) is 0 Å². The second-order valence-corrected chi connectivity index (χ2v) is 5.24. The van der Waals surface area contributed by atoms with Gasteiger partial charge in [0.2, 0.25) is 0 Å². The Morgan fingerprint density at radius 3 is 1.71 bits per heavy atom. The van der Waals surface area contributed by atoms with Gasteiger partial charge in [-0.1, -0.05) is 20.8 Å². The van der Waals surface area contributed by atoms with E-state index in [9.17, 15) is 20.4 Å². The number of rotatable bonds is 6. The molecule has 0 spiro atoms. The molecule has 0 aliphatic carbocycles. The summed E-state index contributed by atoms with van der Waals surface area (Å²) in [4.78, 5) is 0. The van der Waals surface area contributed by atoms with Gasteiger partial charge in [-0.05, 0) is 11.8 Å². The lowest BCUT2D eigenvalue weighted by molar-refractivity contribution is -0.136. The number of hydrogen-bond acceptors (Lipinski definition) is 6. The van der Waals surface area contributed by atoms with Crippen LogP contribution in [0.1, 0.15) is 20.8 Å². The second-order valence-electron chi connectivity index (χ2n) is 5.24. The van der Waals surface area contributed by atoms with E-state index in [2.05, 4.69) is 0 Å². The summed E-state index contributed by atoms with van der Waals surface area (Å²) in [6.07, 6.45) is -6.60. The first-order valence-corrected chi connectivity index (χ1v) is 5.47. The van der Waals surface area contributed by atoms with Crippen LogP contribution in [-0.2, 0) is 0 Å². The number of aliphatic hydroxyl groups excluding tert-OH is 6. The van der Waals surface area contributed by atoms with Gasteiger partial charge in [-0.2, -0.15) is 0 Å². The van der Waals surface area contributed by atoms with E-state index in [-0.39, 0.29) is 5.41 Å². The van der Waals surface area contributed by atoms with E-state index in [0.29, 0.717) is 0 Å². The first-order valence-electron chi connectivity index (χ1n) is 5.47. The van der Waals surface area contributed by atoms with Crippen molar-refractivity contribution < 1.29 is 30.6 Å². The maximum absolute atomic E-state index is 9.61. The van der Waals surface area contributed by atoms with Gasteiger partial charge in [-0.25, -0.2) is 0 Å². The Balaban J connectivity index is 4.43. The minimum Gasteiger partial charge on any atom is -0.394 e. The molecule has 0 saturated heterocycles. The van der Waals surface area contributed by atoms with Crippen LogP contribution in [-0.4, -0.2) is 67.8 Å². The van der Waals surface area contributed by atoms with E-state index >= 15 is 0 Å². The Morgan fingerprint density at radius 1 is 0.882 bits per heavy atom. The molecule has 5 atom stereocenters. The van der Waals surface area contributed by atoms with Gasteiger partial charge in [0.1, 0.15) is 24.4 Å². The fourth-order valence-corrected chi connectivity index (χ4v) is 1.35. The van der Waals surface area contributed by atoms with Crippen LogP contribution < -0.4 is 0 Å². The maximum Gasteiger partial charge on any atom is 0.111 e. The molecule has 6 heteroatoms. The average molecular weight is 251 g/mol. The summed E-state index contributed by atoms with van der Waals surface area (Å²) in [5, 5.41) is 55.7. The molecular weight excluding hydrogens is 228 g/mol. The molecule has 6 N–H and O–H groups in total. The highest BCUT2D eigenvalue weighted by atomic mass is 16.4. The zero-order valence-corrected chi connectivity index (χ0v) is 10.4. The van der Waals surface area contributed by atoms with E-state index in [0.717, 1.165) is 0 Å². The SMILES string of the molecule is CC(C)(C)[CH]C(O)[C@@H](O)[C@@H](O)[C@H](O)[C@H](O)CO. The normalized spacial score (nSPS) is 21.7. The monoisotopic (exact) mass is 251 g/mol. The van der Waals surface area contributed by atoms with Gasteiger partial charge in [0.25, 0.3) is 0 Å². The molecule has 0 aliphatic rings. The third-order valence-corrected chi connectivity index (χ3v) is 2.30. The van der Waals surface area contributed by atoms with Crippen LogP contribution >= 0.6 is 0 Å². The van der Waals surface area contributed by atoms with Gasteiger partial charge < -0.3 is 30.6 Å². The highest BCUT2D eigenvalue weighted by Gasteiger charge is 2.35. The Hall–Kier alpha value is -0.240. The van der Waals surface area contributed by atoms with Crippen LogP contribution in [0.2, 0.25) is 0 Å². The third-order valence-electron chi connectivity index (χ3n) is 2.30. The summed E-state index contributed by atoms with van der Waals surface area (Å²) >= 11 is 0. The van der Waals surface area contributed by atoms with Crippen molar-refractivity contribution >= 4 is 0 Å². The predicted octanol–water partition coefficient (Wildman–Crippen LogP) is -1.97. The lowest BCUT2D eigenvalue weighted by atomic mass is 9.85. The topological polar surface area (TPSA) is 121 Å². The Labute approximate surface area is 101 Å². The van der Waals surface area contributed by atoms with Crippen LogP contribution in [0, 0.1) is 11.8 Å². The molecular formula is C11H23O6. The Bertz CT molecular complexity index is 214. The van der Waals surface area contributed by atoms with Gasteiger partial charge in [-0.15, -0.1) is 0 Å². The quantitative estimate of drug-likeness (QED) is 0.326. The van der Waals surface area contributed by atoms with E-state index in [1.807, 2.05) is 0 Å². The Morgan fingerprint density at radius 2 is 1.35 bits per heavy atom. The fraction of sp³-hybridized carbons (Fsp3) is 0.909. The smallest absolute Gasteiger partial charge is 0.111 e. The van der Waals surface area contributed by atoms with Crippen molar-refractivity contribution in [2.45, 2.75) is 51.3 Å². The summed E-state index contributed by atoms with van der Waals surface area (Å²) in [7, 11) is 0. The summed E-state index contributed by atoms with van der Waals surface area (Å²) in [6.45, 7) is 4.65. The molecule has 17 heavy (non-hydrogen) atoms. The molecule has 0 rings (SSSR count). The van der Waals surface area contributed by atoms with Crippen molar-refractivity contribution in [3.63, 3.8) is 0 Å². The number of hydrogen-bond donors (Lipinski definition) is 6. The van der Waals surface area contributed by atoms with E-state index in [4.69, 9.17) is 10.2 Å². The fourth-order valence-electron chi connectivity index (χ4n) is 1.35. The standard InChI is InChI=1S/C11H23O6/c1-11(2,3)4-6(13)8(15)10(17)9(16)7(14)5-12/h4,6-10,12-17H,5H2,1-3H3/t6?,7-,8-,9-,10-/m1/s1. The summed E-state index contributed by atoms with van der Waals surface area (Å²) in [5.74, 6) is 0. The van der Waals surface area contributed by atoms with Gasteiger partial charge in [0.05, 0.1) is 12.7 Å². The summed E-state index contributed by atoms with van der Waals surface area (Å²) in [6, 6.07) is 0. The average Bonchev–Trinajstić information content (AvgIpc) is 2.22. The molecule has 0 aliphatic heterocycles. The molecule has 103 valence electrons. The van der Waals surface area contributed by atoms with Gasteiger partial charge in [-0.3, -0.25) is 0 Å². The van der Waals surface area contributed by atoms with Crippen LogP contribution in [0.3, 0.4) is 0 Å². The first kappa shape index (κ1) is 16.8. The predicted molar refractivity (Wildman–Crippen MR) is 60.9 cm³/mol. The molecule has 0 bridgehead atoms. The minimum absolute atomic E-state index is 0.374. The van der Waals surface area contributed by atoms with Gasteiger partial charge in [0, 0.05) is 0 Å². The third kappa shape index (κ3) is 5.76. The summed E-state index contributed by atoms with van der Waals surface area (Å²) in [5.41, 5.74) is -0.374. The van der Waals surface area contributed by atoms with Crippen molar-refractivity contribution in [2.75, 3.05) is 6.61 Å². The van der Waals surface area contributed by atoms with Gasteiger partial charge in [0.15, 0.2) is 0 Å². The molecule has 0 aromatic rings. The zero-order chi connectivity index (χ0) is 13.8. The Kier molecular flexibility index (Phi) is 6.53. The largest absolute Gasteiger partial charge is 0.394 e. The van der Waals surface area contributed by atoms with Crippen LogP contribution in [0.4, 0.5) is 0 Å².